The van der Waals surface area contributed by atoms with Crippen molar-refractivity contribution in [3.63, 3.8) is 0 Å². The van der Waals surface area contributed by atoms with Crippen LogP contribution in [0.25, 0.3) is 6.08 Å². The zero-order valence-electron chi connectivity index (χ0n) is 19.6. The first-order chi connectivity index (χ1) is 14.9. The van der Waals surface area contributed by atoms with Gasteiger partial charge in [0.25, 0.3) is 5.91 Å². The number of quaternary nitrogens is 1. The number of hydrogen-bond acceptors (Lipinski definition) is 2. The van der Waals surface area contributed by atoms with E-state index in [1.807, 2.05) is 36.4 Å². The van der Waals surface area contributed by atoms with Gasteiger partial charge >= 0.3 is 0 Å². The number of nitrogens with zero attached hydrogens (tertiary/aromatic N) is 1. The van der Waals surface area contributed by atoms with Gasteiger partial charge in [0.1, 0.15) is 0 Å². The van der Waals surface area contributed by atoms with Crippen molar-refractivity contribution in [2.75, 3.05) is 32.5 Å². The maximum atomic E-state index is 12.5. The molecule has 0 bridgehead atoms. The monoisotopic (exact) mass is 456 g/mol. The molecule has 2 rings (SSSR count). The number of anilines is 1. The molecule has 0 saturated heterocycles. The molecule has 2 aromatic rings. The van der Waals surface area contributed by atoms with E-state index in [9.17, 15) is 9.59 Å². The molecule has 0 aromatic heterocycles. The lowest BCUT2D eigenvalue weighted by atomic mass is 10.1. The second-order valence-electron chi connectivity index (χ2n) is 8.82. The van der Waals surface area contributed by atoms with Crippen LogP contribution in [-0.2, 0) is 4.79 Å². The van der Waals surface area contributed by atoms with E-state index < -0.39 is 0 Å². The number of nitrogens with one attached hydrogen (secondary N) is 1. The van der Waals surface area contributed by atoms with E-state index in [0.29, 0.717) is 22.3 Å². The van der Waals surface area contributed by atoms with E-state index >= 15 is 0 Å². The Morgan fingerprint density at radius 2 is 1.50 bits per heavy atom. The maximum Gasteiger partial charge on any atom is 0.279 e. The third kappa shape index (κ3) is 10.7. The topological polar surface area (TPSA) is 46.2 Å². The molecule has 0 fully saturated rings. The summed E-state index contributed by atoms with van der Waals surface area (Å²) in [5, 5.41) is 2.96. The van der Waals surface area contributed by atoms with Crippen LogP contribution in [0.5, 0.6) is 0 Å². The summed E-state index contributed by atoms with van der Waals surface area (Å²) < 4.78 is 0.681. The van der Waals surface area contributed by atoms with Gasteiger partial charge in [-0.1, -0.05) is 69.0 Å². The lowest BCUT2D eigenvalue weighted by molar-refractivity contribution is -0.882. The average molecular weight is 457 g/mol. The molecular weight excluding hydrogens is 420 g/mol. The Balaban J connectivity index is 0.00000512. The molecule has 0 unspecified atom stereocenters. The zero-order chi connectivity index (χ0) is 22.5. The number of allylic oxidation sites excluding steroid dienone is 1. The summed E-state index contributed by atoms with van der Waals surface area (Å²) >= 11 is 0. The van der Waals surface area contributed by atoms with Crippen molar-refractivity contribution in [2.24, 2.45) is 0 Å². The van der Waals surface area contributed by atoms with Gasteiger partial charge in [-0.25, -0.2) is 0 Å². The van der Waals surface area contributed by atoms with Crippen molar-refractivity contribution in [3.05, 3.63) is 71.8 Å². The van der Waals surface area contributed by atoms with Gasteiger partial charge in [0.2, 0.25) is 0 Å². The van der Waals surface area contributed by atoms with E-state index in [1.54, 1.807) is 30.3 Å². The summed E-state index contributed by atoms with van der Waals surface area (Å²) in [6.45, 7) is 3.67. The molecule has 0 heterocycles. The number of halogens is 1. The van der Waals surface area contributed by atoms with Gasteiger partial charge in [-0.05, 0) is 48.7 Å². The van der Waals surface area contributed by atoms with Gasteiger partial charge in [0, 0.05) is 11.3 Å². The largest absolute Gasteiger partial charge is 1.00 e. The quantitative estimate of drug-likeness (QED) is 0.218. The van der Waals surface area contributed by atoms with Gasteiger partial charge in [0.05, 0.1) is 20.6 Å². The number of amides is 1. The van der Waals surface area contributed by atoms with Gasteiger partial charge in [-0.3, -0.25) is 9.59 Å². The van der Waals surface area contributed by atoms with Crippen LogP contribution in [0.15, 0.2) is 60.7 Å². The molecule has 0 radical (unpaired) electrons. The third-order valence-electron chi connectivity index (χ3n) is 5.37. The number of likely N-dealkylation sites (N-methyl/N-ethyl adjacent to an activating group) is 1. The minimum absolute atomic E-state index is 0. The summed E-state index contributed by atoms with van der Waals surface area (Å²) in [5.41, 5.74) is 2.30. The Kier molecular flexibility index (Phi) is 12.6. The number of carbonyl (C=O) groups excluding carboxylic acids is 2. The van der Waals surface area contributed by atoms with Gasteiger partial charge in [0.15, 0.2) is 12.3 Å². The fourth-order valence-corrected chi connectivity index (χ4v) is 3.54. The molecule has 32 heavy (non-hydrogen) atoms. The number of carbonyl (C=O) groups is 2. The normalized spacial score (nSPS) is 11.2. The van der Waals surface area contributed by atoms with Crippen LogP contribution in [0, 0.1) is 0 Å². The first-order valence-electron chi connectivity index (χ1n) is 11.4. The molecule has 2 aromatic carbocycles. The van der Waals surface area contributed by atoms with Crippen LogP contribution >= 0.6 is 0 Å². The van der Waals surface area contributed by atoms with Crippen LogP contribution in [0.1, 0.15) is 61.4 Å². The smallest absolute Gasteiger partial charge is 0.279 e. The Morgan fingerprint density at radius 1 is 0.875 bits per heavy atom. The highest BCUT2D eigenvalue weighted by Crippen LogP contribution is 2.13. The Morgan fingerprint density at radius 3 is 2.16 bits per heavy atom. The molecule has 0 spiro atoms. The molecule has 0 aliphatic rings. The van der Waals surface area contributed by atoms with Gasteiger partial charge in [-0.2, -0.15) is 0 Å². The first-order valence-corrected chi connectivity index (χ1v) is 11.4. The van der Waals surface area contributed by atoms with Crippen LogP contribution in [0.2, 0.25) is 0 Å². The minimum Gasteiger partial charge on any atom is -1.00 e. The molecule has 4 nitrogen and oxygen atoms in total. The fourth-order valence-electron chi connectivity index (χ4n) is 3.54. The number of ketones is 1. The third-order valence-corrected chi connectivity index (χ3v) is 5.37. The van der Waals surface area contributed by atoms with Crippen LogP contribution < -0.4 is 17.7 Å². The van der Waals surface area contributed by atoms with Crippen molar-refractivity contribution < 1.29 is 26.5 Å². The van der Waals surface area contributed by atoms with Crippen molar-refractivity contribution in [3.8, 4) is 0 Å². The summed E-state index contributed by atoms with van der Waals surface area (Å²) in [7, 11) is 4.21. The molecule has 0 aliphatic carbocycles. The maximum absolute atomic E-state index is 12.5. The van der Waals surface area contributed by atoms with Crippen LogP contribution in [0.3, 0.4) is 0 Å². The molecule has 0 atom stereocenters. The Labute approximate surface area is 199 Å². The molecular formula is C27H37ClN2O2. The lowest BCUT2D eigenvalue weighted by Crippen LogP contribution is -3.00. The highest BCUT2D eigenvalue weighted by Gasteiger charge is 2.19. The predicted octanol–water partition coefficient (Wildman–Crippen LogP) is 2.96. The highest BCUT2D eigenvalue weighted by molar-refractivity contribution is 6.07. The van der Waals surface area contributed by atoms with E-state index in [0.717, 1.165) is 18.5 Å². The molecule has 1 N–H and O–H groups in total. The van der Waals surface area contributed by atoms with E-state index in [4.69, 9.17) is 0 Å². The van der Waals surface area contributed by atoms with E-state index in [2.05, 4.69) is 26.3 Å². The van der Waals surface area contributed by atoms with Gasteiger partial charge < -0.3 is 22.2 Å². The molecule has 174 valence electrons. The van der Waals surface area contributed by atoms with E-state index in [1.165, 1.54) is 32.1 Å². The Bertz CT molecular complexity index is 846. The van der Waals surface area contributed by atoms with Crippen LogP contribution in [-0.4, -0.2) is 43.4 Å². The van der Waals surface area contributed by atoms with Crippen molar-refractivity contribution in [2.45, 2.75) is 45.4 Å². The molecule has 1 amide bonds. The van der Waals surface area contributed by atoms with Crippen molar-refractivity contribution in [1.29, 1.82) is 0 Å². The number of unbranched alkanes of at least 4 members (excludes halogenated alkanes) is 5. The van der Waals surface area contributed by atoms with Crippen molar-refractivity contribution >= 4 is 23.5 Å². The zero-order valence-corrected chi connectivity index (χ0v) is 20.4. The van der Waals surface area contributed by atoms with Crippen molar-refractivity contribution in [1.82, 2.24) is 0 Å². The lowest BCUT2D eigenvalue weighted by Gasteiger charge is -2.29. The SMILES string of the molecule is CCCCCCCC[N+](C)(C)CC(=O)Nc1ccc(C(=O)/C=C/c2ccccc2)cc1.[Cl-]. The van der Waals surface area contributed by atoms with E-state index in [-0.39, 0.29) is 24.1 Å². The first kappa shape index (κ1) is 27.6. The van der Waals surface area contributed by atoms with Gasteiger partial charge in [-0.15, -0.1) is 0 Å². The molecule has 0 saturated carbocycles. The molecule has 5 heteroatoms. The summed E-state index contributed by atoms with van der Waals surface area (Å²) in [5.74, 6) is -0.0579. The standard InChI is InChI=1S/C27H36N2O2.ClH/c1-4-5-6-7-8-12-21-29(2,3)22-27(31)28-25-18-16-24(17-19-25)26(30)20-15-23-13-10-9-11-14-23;/h9-11,13-20H,4-8,12,21-22H2,1-3H3;1H/b20-15+;. The second-order valence-corrected chi connectivity index (χ2v) is 8.82. The number of benzene rings is 2. The molecule has 0 aliphatic heterocycles. The summed E-state index contributed by atoms with van der Waals surface area (Å²) in [6.07, 6.45) is 10.9. The fraction of sp³-hybridized carbons (Fsp3) is 0.407. The van der Waals surface area contributed by atoms with Crippen LogP contribution in [0.4, 0.5) is 5.69 Å². The summed E-state index contributed by atoms with van der Waals surface area (Å²) in [4.78, 5) is 24.8. The highest BCUT2D eigenvalue weighted by atomic mass is 35.5. The minimum atomic E-state index is -0.0570. The number of rotatable bonds is 13. The second kappa shape index (κ2) is 14.6. The predicted molar refractivity (Wildman–Crippen MR) is 130 cm³/mol. The summed E-state index contributed by atoms with van der Waals surface area (Å²) in [6, 6.07) is 16.8. The number of hydrogen-bond donors (Lipinski definition) is 1. The Hall–Kier alpha value is -2.43. The average Bonchev–Trinajstić information content (AvgIpc) is 2.75.